The van der Waals surface area contributed by atoms with Crippen LogP contribution >= 0.6 is 0 Å². The van der Waals surface area contributed by atoms with E-state index in [1.807, 2.05) is 54.6 Å². The van der Waals surface area contributed by atoms with Gasteiger partial charge < -0.3 is 4.42 Å². The minimum absolute atomic E-state index is 0.496. The van der Waals surface area contributed by atoms with Gasteiger partial charge in [0, 0.05) is 44.3 Å². The van der Waals surface area contributed by atoms with Crippen molar-refractivity contribution in [3.05, 3.63) is 237 Å². The van der Waals surface area contributed by atoms with E-state index in [4.69, 9.17) is 29.3 Å². The Bertz CT molecular complexity index is 4190. The second-order valence-corrected chi connectivity index (χ2v) is 18.0. The zero-order chi connectivity index (χ0) is 46.8. The molecule has 3 aromatic heterocycles. The van der Waals surface area contributed by atoms with Gasteiger partial charge >= 0.3 is 0 Å². The maximum absolute atomic E-state index is 6.72. The molecule has 71 heavy (non-hydrogen) atoms. The Morgan fingerprint density at radius 2 is 0.648 bits per heavy atom. The van der Waals surface area contributed by atoms with E-state index >= 15 is 0 Å². The molecule has 0 aliphatic rings. The summed E-state index contributed by atoms with van der Waals surface area (Å²) in [7, 11) is 0. The van der Waals surface area contributed by atoms with Crippen LogP contribution in [-0.4, -0.2) is 24.9 Å². The second-order valence-electron chi connectivity index (χ2n) is 18.0. The van der Waals surface area contributed by atoms with Crippen LogP contribution in [0.4, 0.5) is 0 Å². The molecule has 0 aliphatic carbocycles. The summed E-state index contributed by atoms with van der Waals surface area (Å²) in [5, 5.41) is 11.2. The average Bonchev–Trinajstić information content (AvgIpc) is 3.90. The van der Waals surface area contributed by atoms with E-state index in [2.05, 4.69) is 182 Å². The van der Waals surface area contributed by atoms with Crippen molar-refractivity contribution in [3.8, 4) is 79.3 Å². The summed E-state index contributed by atoms with van der Waals surface area (Å²) in [4.78, 5) is 27.0. The number of oxazole rings is 1. The summed E-state index contributed by atoms with van der Waals surface area (Å²) in [5.74, 6) is 1.75. The lowest BCUT2D eigenvalue weighted by Crippen LogP contribution is -1.99. The van der Waals surface area contributed by atoms with Gasteiger partial charge in [0.25, 0.3) is 0 Å². The molecule has 330 valence electrons. The third-order valence-corrected chi connectivity index (χ3v) is 13.7. The van der Waals surface area contributed by atoms with Crippen molar-refractivity contribution >= 4 is 65.0 Å². The molecule has 0 saturated heterocycles. The van der Waals surface area contributed by atoms with Gasteiger partial charge in [-0.15, -0.1) is 0 Å². The molecule has 0 bridgehead atoms. The summed E-state index contributed by atoms with van der Waals surface area (Å²) in [6.45, 7) is 0. The topological polar surface area (TPSA) is 77.6 Å². The maximum Gasteiger partial charge on any atom is 0.227 e. The average molecular weight is 906 g/mol. The van der Waals surface area contributed by atoms with Crippen LogP contribution in [0.15, 0.2) is 241 Å². The first-order chi connectivity index (χ1) is 35.1. The predicted octanol–water partition coefficient (Wildman–Crippen LogP) is 16.8. The lowest BCUT2D eigenvalue weighted by Gasteiger charge is -2.15. The molecule has 0 spiro atoms. The van der Waals surface area contributed by atoms with E-state index in [9.17, 15) is 0 Å². The molecule has 0 fully saturated rings. The number of benzene rings is 11. The summed E-state index contributed by atoms with van der Waals surface area (Å²) in [5.41, 5.74) is 11.0. The Morgan fingerprint density at radius 3 is 1.15 bits per heavy atom. The van der Waals surface area contributed by atoms with Crippen molar-refractivity contribution in [1.29, 1.82) is 0 Å². The molecule has 0 unspecified atom stereocenters. The summed E-state index contributed by atoms with van der Waals surface area (Å²) < 4.78 is 6.72. The molecule has 3 heterocycles. The summed E-state index contributed by atoms with van der Waals surface area (Å²) in [6, 6.07) is 82.2. The zero-order valence-corrected chi connectivity index (χ0v) is 38.2. The Kier molecular flexibility index (Phi) is 9.42. The van der Waals surface area contributed by atoms with Crippen molar-refractivity contribution in [2.75, 3.05) is 0 Å². The third kappa shape index (κ3) is 7.08. The molecule has 0 aliphatic heterocycles. The van der Waals surface area contributed by atoms with Crippen LogP contribution < -0.4 is 0 Å². The van der Waals surface area contributed by atoms with Gasteiger partial charge in [-0.3, -0.25) is 0 Å². The first-order valence-electron chi connectivity index (χ1n) is 23.8. The van der Waals surface area contributed by atoms with Crippen molar-refractivity contribution < 1.29 is 4.42 Å². The number of fused-ring (bicyclic) bond motifs is 9. The molecule has 6 nitrogen and oxygen atoms in total. The first-order valence-corrected chi connectivity index (χ1v) is 23.8. The number of rotatable bonds is 7. The highest BCUT2D eigenvalue weighted by atomic mass is 16.3. The van der Waals surface area contributed by atoms with Crippen LogP contribution in [-0.2, 0) is 0 Å². The lowest BCUT2D eigenvalue weighted by atomic mass is 9.95. The fourth-order valence-electron chi connectivity index (χ4n) is 10.3. The van der Waals surface area contributed by atoms with Crippen molar-refractivity contribution in [3.63, 3.8) is 0 Å². The predicted molar refractivity (Wildman–Crippen MR) is 291 cm³/mol. The fraction of sp³-hybridized carbons (Fsp3) is 0. The minimum atomic E-state index is 0.496. The molecule has 0 radical (unpaired) electrons. The summed E-state index contributed by atoms with van der Waals surface area (Å²) in [6.07, 6.45) is 0. The van der Waals surface area contributed by atoms with Gasteiger partial charge in [-0.2, -0.15) is 0 Å². The van der Waals surface area contributed by atoms with Crippen molar-refractivity contribution in [2.24, 2.45) is 0 Å². The highest BCUT2D eigenvalue weighted by molar-refractivity contribution is 6.14. The SMILES string of the molecule is c1ccc(-c2cc(-c3cc(-c4cc(-c5ccccc5)nc(-c5cc6ccccc6c6ccccc56)n4)cc(-c4nc5c(ccc6ccccc65)o4)c3)nc(-c3cc4ccccc4c4ccccc34)n2)cc1. The van der Waals surface area contributed by atoms with E-state index in [1.54, 1.807) is 0 Å². The molecule has 6 heteroatoms. The van der Waals surface area contributed by atoms with Crippen molar-refractivity contribution in [1.82, 2.24) is 24.9 Å². The second kappa shape index (κ2) is 16.5. The molecular weight excluding hydrogens is 867 g/mol. The van der Waals surface area contributed by atoms with Crippen LogP contribution in [0.5, 0.6) is 0 Å². The minimum Gasteiger partial charge on any atom is -0.436 e. The van der Waals surface area contributed by atoms with Gasteiger partial charge in [0.15, 0.2) is 17.2 Å². The van der Waals surface area contributed by atoms with Gasteiger partial charge in [-0.1, -0.05) is 188 Å². The van der Waals surface area contributed by atoms with Gasteiger partial charge in [-0.05, 0) is 97.0 Å². The number of hydrogen-bond acceptors (Lipinski definition) is 6. The molecule has 0 N–H and O–H groups in total. The van der Waals surface area contributed by atoms with Crippen molar-refractivity contribution in [2.45, 2.75) is 0 Å². The van der Waals surface area contributed by atoms with E-state index in [-0.39, 0.29) is 0 Å². The maximum atomic E-state index is 6.72. The Hall–Kier alpha value is -9.65. The lowest BCUT2D eigenvalue weighted by molar-refractivity contribution is 0.620. The fourth-order valence-corrected chi connectivity index (χ4v) is 10.3. The highest BCUT2D eigenvalue weighted by Gasteiger charge is 2.21. The molecular formula is C65H39N5O. The normalized spacial score (nSPS) is 11.7. The molecule has 11 aromatic carbocycles. The van der Waals surface area contributed by atoms with E-state index < -0.39 is 0 Å². The zero-order valence-electron chi connectivity index (χ0n) is 38.2. The number of aromatic nitrogens is 5. The van der Waals surface area contributed by atoms with Gasteiger partial charge in [0.1, 0.15) is 5.52 Å². The van der Waals surface area contributed by atoms with Gasteiger partial charge in [0.2, 0.25) is 5.89 Å². The standard InChI is InChI=1S/C65H39N5O/c1-3-18-41(19-4-1)57-38-59(68-63(66-57)55-36-43-22-8-10-24-48(43)51-27-13-15-29-53(51)55)45-33-46(35-47(34-45)65-70-62-50-26-12-7-17-40(50)31-32-61(62)71-65)60-39-58(42-20-5-2-6-21-42)67-64(69-60)56-37-44-23-9-11-25-49(44)52-28-14-16-30-54(52)56/h1-39H. The van der Waals surface area contributed by atoms with E-state index in [0.29, 0.717) is 23.1 Å². The Labute approximate surface area is 408 Å². The first kappa shape index (κ1) is 40.4. The highest BCUT2D eigenvalue weighted by Crippen LogP contribution is 2.41. The third-order valence-electron chi connectivity index (χ3n) is 13.7. The van der Waals surface area contributed by atoms with Crippen LogP contribution in [0.3, 0.4) is 0 Å². The van der Waals surface area contributed by atoms with Crippen LogP contribution in [0, 0.1) is 0 Å². The van der Waals surface area contributed by atoms with Crippen LogP contribution in [0.2, 0.25) is 0 Å². The Morgan fingerprint density at radius 1 is 0.254 bits per heavy atom. The van der Waals surface area contributed by atoms with Gasteiger partial charge in [-0.25, -0.2) is 24.9 Å². The molecule has 0 amide bonds. The molecule has 0 atom stereocenters. The molecule has 14 rings (SSSR count). The quantitative estimate of drug-likeness (QED) is 0.148. The van der Waals surface area contributed by atoms with Crippen LogP contribution in [0.1, 0.15) is 0 Å². The smallest absolute Gasteiger partial charge is 0.227 e. The van der Waals surface area contributed by atoms with E-state index in [0.717, 1.165) is 110 Å². The number of hydrogen-bond donors (Lipinski definition) is 0. The molecule has 0 saturated carbocycles. The molecule has 14 aromatic rings. The monoisotopic (exact) mass is 905 g/mol. The van der Waals surface area contributed by atoms with Gasteiger partial charge in [0.05, 0.1) is 22.8 Å². The summed E-state index contributed by atoms with van der Waals surface area (Å²) >= 11 is 0. The largest absolute Gasteiger partial charge is 0.436 e. The number of nitrogens with zero attached hydrogens (tertiary/aromatic N) is 5. The van der Waals surface area contributed by atoms with E-state index in [1.165, 1.54) is 10.8 Å². The Balaban J connectivity index is 1.04. The van der Waals surface area contributed by atoms with Crippen LogP contribution in [0.25, 0.3) is 144 Å².